The Morgan fingerprint density at radius 1 is 1.12 bits per heavy atom. The van der Waals surface area contributed by atoms with Gasteiger partial charge in [-0.1, -0.05) is 23.7 Å². The number of nitrogen functional groups attached to an aromatic ring is 1. The molecule has 0 saturated carbocycles. The lowest BCUT2D eigenvalue weighted by Crippen LogP contribution is -1.95. The number of anilines is 1. The largest absolute Gasteiger partial charge is 0.398 e. The summed E-state index contributed by atoms with van der Waals surface area (Å²) in [4.78, 5) is 0. The van der Waals surface area contributed by atoms with Crippen molar-refractivity contribution in [3.8, 4) is 11.1 Å². The Morgan fingerprint density at radius 2 is 1.82 bits per heavy atom. The van der Waals surface area contributed by atoms with Gasteiger partial charge in [0.25, 0.3) is 0 Å². The van der Waals surface area contributed by atoms with E-state index in [-0.39, 0.29) is 5.56 Å². The van der Waals surface area contributed by atoms with Crippen LogP contribution in [-0.2, 0) is 0 Å². The van der Waals surface area contributed by atoms with Gasteiger partial charge in [0.15, 0.2) is 0 Å². The number of hydrogen-bond donors (Lipinski definition) is 1. The molecule has 2 aromatic carbocycles. The highest BCUT2D eigenvalue weighted by atomic mass is 35.5. The fourth-order valence-corrected chi connectivity index (χ4v) is 1.74. The summed E-state index contributed by atoms with van der Waals surface area (Å²) in [7, 11) is 0. The third kappa shape index (κ3) is 2.11. The average molecular weight is 254 g/mol. The third-order valence-corrected chi connectivity index (χ3v) is 2.91. The summed E-state index contributed by atoms with van der Waals surface area (Å²) < 4.78 is 27.5. The van der Waals surface area contributed by atoms with Gasteiger partial charge >= 0.3 is 0 Å². The minimum atomic E-state index is -0.616. The summed E-state index contributed by atoms with van der Waals surface area (Å²) in [6, 6.07) is 7.16. The molecule has 0 fully saturated rings. The molecule has 0 spiro atoms. The Kier molecular flexibility index (Phi) is 3.03. The molecule has 0 radical (unpaired) electrons. The van der Waals surface area contributed by atoms with Crippen LogP contribution in [0.1, 0.15) is 5.56 Å². The third-order valence-electron chi connectivity index (χ3n) is 2.57. The van der Waals surface area contributed by atoms with E-state index in [1.807, 2.05) is 0 Å². The first-order valence-corrected chi connectivity index (χ1v) is 5.38. The number of nitrogens with two attached hydrogens (primary N) is 1. The molecule has 2 aromatic rings. The van der Waals surface area contributed by atoms with Crippen LogP contribution in [0.15, 0.2) is 30.3 Å². The number of benzene rings is 2. The highest BCUT2D eigenvalue weighted by Crippen LogP contribution is 2.31. The second-order valence-electron chi connectivity index (χ2n) is 3.79. The van der Waals surface area contributed by atoms with Crippen LogP contribution >= 0.6 is 11.6 Å². The van der Waals surface area contributed by atoms with Gasteiger partial charge in [-0.05, 0) is 36.2 Å². The van der Waals surface area contributed by atoms with E-state index >= 15 is 0 Å². The molecule has 0 bridgehead atoms. The molecule has 0 aliphatic rings. The number of rotatable bonds is 1. The molecule has 0 unspecified atom stereocenters. The number of aryl methyl sites for hydroxylation is 1. The van der Waals surface area contributed by atoms with Crippen LogP contribution in [0.2, 0.25) is 5.02 Å². The zero-order valence-electron chi connectivity index (χ0n) is 9.10. The van der Waals surface area contributed by atoms with E-state index in [0.717, 1.165) is 0 Å². The number of halogens is 3. The summed E-state index contributed by atoms with van der Waals surface area (Å²) in [5.41, 5.74) is 6.60. The normalized spacial score (nSPS) is 10.6. The molecule has 17 heavy (non-hydrogen) atoms. The van der Waals surface area contributed by atoms with Crippen LogP contribution in [0.25, 0.3) is 11.1 Å². The van der Waals surface area contributed by atoms with Gasteiger partial charge in [0, 0.05) is 0 Å². The van der Waals surface area contributed by atoms with E-state index in [0.29, 0.717) is 21.8 Å². The second kappa shape index (κ2) is 4.34. The van der Waals surface area contributed by atoms with Crippen LogP contribution in [0, 0.1) is 18.6 Å². The SMILES string of the molecule is Cc1ccc(F)c(-c2ccc(Cl)c(N)c2)c1F. The fourth-order valence-electron chi connectivity index (χ4n) is 1.62. The zero-order chi connectivity index (χ0) is 12.6. The van der Waals surface area contributed by atoms with E-state index in [4.69, 9.17) is 17.3 Å². The van der Waals surface area contributed by atoms with E-state index in [2.05, 4.69) is 0 Å². The lowest BCUT2D eigenvalue weighted by molar-refractivity contribution is 0.584. The number of hydrogen-bond acceptors (Lipinski definition) is 1. The predicted molar refractivity (Wildman–Crippen MR) is 66.0 cm³/mol. The summed E-state index contributed by atoms with van der Waals surface area (Å²) >= 11 is 5.77. The maximum atomic E-state index is 13.9. The van der Waals surface area contributed by atoms with Crippen molar-refractivity contribution in [2.24, 2.45) is 0 Å². The minimum absolute atomic E-state index is 0.0756. The summed E-state index contributed by atoms with van der Waals surface area (Å²) in [6.45, 7) is 1.58. The molecular weight excluding hydrogens is 244 g/mol. The molecule has 0 aliphatic heterocycles. The molecule has 4 heteroatoms. The van der Waals surface area contributed by atoms with Crippen LogP contribution in [0.5, 0.6) is 0 Å². The Bertz CT molecular complexity index is 582. The van der Waals surface area contributed by atoms with Crippen molar-refractivity contribution in [2.75, 3.05) is 5.73 Å². The Hall–Kier alpha value is -1.61. The molecule has 0 atom stereocenters. The predicted octanol–water partition coefficient (Wildman–Crippen LogP) is 4.18. The lowest BCUT2D eigenvalue weighted by atomic mass is 10.0. The summed E-state index contributed by atoms with van der Waals surface area (Å²) in [5.74, 6) is -1.19. The molecule has 1 nitrogen and oxygen atoms in total. The summed E-state index contributed by atoms with van der Waals surface area (Å²) in [5, 5.41) is 0.363. The quantitative estimate of drug-likeness (QED) is 0.758. The average Bonchev–Trinajstić information content (AvgIpc) is 2.29. The Morgan fingerprint density at radius 3 is 2.47 bits per heavy atom. The maximum Gasteiger partial charge on any atom is 0.136 e. The molecule has 2 rings (SSSR count). The molecular formula is C13H10ClF2N. The van der Waals surface area contributed by atoms with Crippen LogP contribution in [0.3, 0.4) is 0 Å². The first-order chi connectivity index (χ1) is 8.00. The van der Waals surface area contributed by atoms with Gasteiger partial charge < -0.3 is 5.73 Å². The van der Waals surface area contributed by atoms with Gasteiger partial charge in [-0.25, -0.2) is 8.78 Å². The van der Waals surface area contributed by atoms with Crippen molar-refractivity contribution in [1.82, 2.24) is 0 Å². The van der Waals surface area contributed by atoms with Gasteiger partial charge in [-0.3, -0.25) is 0 Å². The van der Waals surface area contributed by atoms with Crippen LogP contribution < -0.4 is 5.73 Å². The Balaban J connectivity index is 2.68. The minimum Gasteiger partial charge on any atom is -0.398 e. The van der Waals surface area contributed by atoms with Crippen LogP contribution in [0.4, 0.5) is 14.5 Å². The van der Waals surface area contributed by atoms with Crippen molar-refractivity contribution in [2.45, 2.75) is 6.92 Å². The smallest absolute Gasteiger partial charge is 0.136 e. The molecule has 0 amide bonds. The Labute approximate surface area is 103 Å². The van der Waals surface area contributed by atoms with Crippen molar-refractivity contribution in [3.05, 3.63) is 52.6 Å². The van der Waals surface area contributed by atoms with E-state index in [1.165, 1.54) is 24.3 Å². The van der Waals surface area contributed by atoms with Crippen molar-refractivity contribution < 1.29 is 8.78 Å². The lowest BCUT2D eigenvalue weighted by Gasteiger charge is -2.08. The van der Waals surface area contributed by atoms with Crippen LogP contribution in [-0.4, -0.2) is 0 Å². The molecule has 0 aliphatic carbocycles. The molecule has 88 valence electrons. The van der Waals surface area contributed by atoms with Gasteiger partial charge in [0.05, 0.1) is 16.3 Å². The molecule has 2 N–H and O–H groups in total. The first-order valence-electron chi connectivity index (χ1n) is 5.00. The van der Waals surface area contributed by atoms with E-state index < -0.39 is 11.6 Å². The highest BCUT2D eigenvalue weighted by Gasteiger charge is 2.14. The van der Waals surface area contributed by atoms with Gasteiger partial charge in [-0.15, -0.1) is 0 Å². The fraction of sp³-hybridized carbons (Fsp3) is 0.0769. The van der Waals surface area contributed by atoms with Gasteiger partial charge in [0.2, 0.25) is 0 Å². The standard InChI is InChI=1S/C13H10ClF2N/c1-7-2-5-10(15)12(13(7)16)8-3-4-9(14)11(17)6-8/h2-6H,17H2,1H3. The van der Waals surface area contributed by atoms with Crippen molar-refractivity contribution in [3.63, 3.8) is 0 Å². The van der Waals surface area contributed by atoms with Crippen molar-refractivity contribution in [1.29, 1.82) is 0 Å². The van der Waals surface area contributed by atoms with Gasteiger partial charge in [-0.2, -0.15) is 0 Å². The van der Waals surface area contributed by atoms with Crippen molar-refractivity contribution >= 4 is 17.3 Å². The topological polar surface area (TPSA) is 26.0 Å². The maximum absolute atomic E-state index is 13.9. The molecule has 0 aromatic heterocycles. The van der Waals surface area contributed by atoms with E-state index in [9.17, 15) is 8.78 Å². The summed E-state index contributed by atoms with van der Waals surface area (Å²) in [6.07, 6.45) is 0. The molecule has 0 heterocycles. The second-order valence-corrected chi connectivity index (χ2v) is 4.20. The molecule has 0 saturated heterocycles. The highest BCUT2D eigenvalue weighted by molar-refractivity contribution is 6.33. The van der Waals surface area contributed by atoms with E-state index in [1.54, 1.807) is 13.0 Å². The monoisotopic (exact) mass is 253 g/mol. The van der Waals surface area contributed by atoms with Gasteiger partial charge in [0.1, 0.15) is 11.6 Å². The first kappa shape index (κ1) is 11.9. The zero-order valence-corrected chi connectivity index (χ0v) is 9.85.